The number of hydrogen-bond donors (Lipinski definition) is 2. The highest BCUT2D eigenvalue weighted by Crippen LogP contribution is 2.46. The lowest BCUT2D eigenvalue weighted by atomic mass is 9.73. The molecule has 2 atom stereocenters. The summed E-state index contributed by atoms with van der Waals surface area (Å²) in [5, 5.41) is 21.3. The fourth-order valence-electron chi connectivity index (χ4n) is 4.13. The van der Waals surface area contributed by atoms with Gasteiger partial charge in [-0.25, -0.2) is 0 Å². The second kappa shape index (κ2) is 8.17. The van der Waals surface area contributed by atoms with Gasteiger partial charge in [0.15, 0.2) is 0 Å². The molecule has 1 aliphatic carbocycles. The van der Waals surface area contributed by atoms with Crippen molar-refractivity contribution in [3.8, 4) is 11.5 Å². The first-order chi connectivity index (χ1) is 12.9. The Morgan fingerprint density at radius 2 is 1.89 bits per heavy atom. The van der Waals surface area contributed by atoms with E-state index >= 15 is 0 Å². The van der Waals surface area contributed by atoms with Crippen molar-refractivity contribution >= 4 is 5.91 Å². The summed E-state index contributed by atoms with van der Waals surface area (Å²) in [6.07, 6.45) is 4.24. The van der Waals surface area contributed by atoms with E-state index in [1.54, 1.807) is 17.0 Å². The van der Waals surface area contributed by atoms with Gasteiger partial charge in [0.25, 0.3) is 0 Å². The minimum Gasteiger partial charge on any atom is -0.507 e. The number of phenols is 2. The van der Waals surface area contributed by atoms with E-state index in [9.17, 15) is 15.0 Å². The van der Waals surface area contributed by atoms with E-state index in [0.29, 0.717) is 37.4 Å². The van der Waals surface area contributed by atoms with Gasteiger partial charge in [-0.1, -0.05) is 23.8 Å². The number of allylic oxidation sites excluding steroid dienone is 3. The molecule has 0 unspecified atom stereocenters. The van der Waals surface area contributed by atoms with Gasteiger partial charge in [0.05, 0.1) is 19.6 Å². The van der Waals surface area contributed by atoms with Crippen molar-refractivity contribution in [1.29, 1.82) is 0 Å². The van der Waals surface area contributed by atoms with Gasteiger partial charge in [-0.05, 0) is 50.3 Å². The highest BCUT2D eigenvalue weighted by molar-refractivity contribution is 5.79. The van der Waals surface area contributed by atoms with E-state index in [1.807, 2.05) is 6.92 Å². The molecule has 1 saturated heterocycles. The van der Waals surface area contributed by atoms with Gasteiger partial charge >= 0.3 is 0 Å². The average Bonchev–Trinajstić information content (AvgIpc) is 2.61. The summed E-state index contributed by atoms with van der Waals surface area (Å²) in [5.74, 6) is 0.161. The largest absolute Gasteiger partial charge is 0.507 e. The van der Waals surface area contributed by atoms with Crippen LogP contribution < -0.4 is 0 Å². The van der Waals surface area contributed by atoms with Crippen LogP contribution in [0.25, 0.3) is 0 Å². The third-order valence-corrected chi connectivity index (χ3v) is 5.63. The van der Waals surface area contributed by atoms with Crippen molar-refractivity contribution < 1.29 is 19.7 Å². The second-order valence-electron chi connectivity index (χ2n) is 7.75. The normalized spacial score (nSPS) is 23.0. The molecule has 3 rings (SSSR count). The molecule has 146 valence electrons. The van der Waals surface area contributed by atoms with Crippen LogP contribution in [0.2, 0.25) is 0 Å². The molecule has 2 N–H and O–H groups in total. The van der Waals surface area contributed by atoms with Crippen LogP contribution in [0.4, 0.5) is 0 Å². The molecule has 1 fully saturated rings. The molecule has 0 aromatic heterocycles. The zero-order valence-corrected chi connectivity index (χ0v) is 16.2. The van der Waals surface area contributed by atoms with E-state index < -0.39 is 0 Å². The highest BCUT2D eigenvalue weighted by Gasteiger charge is 2.30. The summed E-state index contributed by atoms with van der Waals surface area (Å²) in [7, 11) is 0. The van der Waals surface area contributed by atoms with Gasteiger partial charge in [0.2, 0.25) is 5.91 Å². The molecule has 5 heteroatoms. The smallest absolute Gasteiger partial charge is 0.227 e. The Morgan fingerprint density at radius 3 is 2.48 bits per heavy atom. The number of ether oxygens (including phenoxy) is 1. The molecule has 1 aliphatic heterocycles. The standard InChI is InChI=1S/C22H29NO4/c1-14(2)17-5-4-15(3)10-18(17)22-19(24)11-16(12-20(22)25)13-21(26)23-6-8-27-9-7-23/h10-12,17-18,24-25H,1,4-9,13H2,2-3H3/t17-,18+/m0/s1. The number of aromatic hydroxyl groups is 2. The van der Waals surface area contributed by atoms with Gasteiger partial charge in [-0.3, -0.25) is 4.79 Å². The lowest BCUT2D eigenvalue weighted by Gasteiger charge is -2.31. The number of amides is 1. The topological polar surface area (TPSA) is 70.0 Å². The van der Waals surface area contributed by atoms with Crippen LogP contribution in [-0.4, -0.2) is 47.3 Å². The van der Waals surface area contributed by atoms with Crippen molar-refractivity contribution in [1.82, 2.24) is 4.90 Å². The molecule has 1 heterocycles. The quantitative estimate of drug-likeness (QED) is 0.795. The Bertz CT molecular complexity index is 739. The minimum atomic E-state index is -0.0970. The van der Waals surface area contributed by atoms with Crippen molar-refractivity contribution in [2.45, 2.75) is 39.0 Å². The monoisotopic (exact) mass is 371 g/mol. The minimum absolute atomic E-state index is 0.0157. The SMILES string of the molecule is C=C(C)[C@@H]1CCC(C)=C[C@H]1c1c(O)cc(CC(=O)N2CCOCC2)cc1O. The van der Waals surface area contributed by atoms with Crippen LogP contribution >= 0.6 is 0 Å². The number of carbonyl (C=O) groups excluding carboxylic acids is 1. The zero-order chi connectivity index (χ0) is 19.6. The molecule has 1 amide bonds. The summed E-state index contributed by atoms with van der Waals surface area (Å²) >= 11 is 0. The van der Waals surface area contributed by atoms with E-state index in [4.69, 9.17) is 4.74 Å². The predicted molar refractivity (Wildman–Crippen MR) is 105 cm³/mol. The number of phenolic OH excluding ortho intramolecular Hbond substituents is 2. The molecule has 1 aromatic rings. The van der Waals surface area contributed by atoms with Crippen LogP contribution in [0.15, 0.2) is 35.9 Å². The van der Waals surface area contributed by atoms with Crippen LogP contribution in [0, 0.1) is 5.92 Å². The number of morpholine rings is 1. The van der Waals surface area contributed by atoms with Crippen molar-refractivity contribution in [2.75, 3.05) is 26.3 Å². The Morgan fingerprint density at radius 1 is 1.26 bits per heavy atom. The molecule has 0 saturated carbocycles. The maximum atomic E-state index is 12.4. The molecular formula is C22H29NO4. The maximum absolute atomic E-state index is 12.4. The number of hydrogen-bond acceptors (Lipinski definition) is 4. The molecule has 5 nitrogen and oxygen atoms in total. The molecule has 27 heavy (non-hydrogen) atoms. The van der Waals surface area contributed by atoms with Crippen molar-refractivity contribution in [3.05, 3.63) is 47.1 Å². The zero-order valence-electron chi connectivity index (χ0n) is 16.2. The molecule has 1 aromatic carbocycles. The van der Waals surface area contributed by atoms with Crippen LogP contribution in [0.3, 0.4) is 0 Å². The molecule has 0 spiro atoms. The predicted octanol–water partition coefficient (Wildman–Crippen LogP) is 3.52. The van der Waals surface area contributed by atoms with Gasteiger partial charge in [-0.2, -0.15) is 0 Å². The molecule has 0 radical (unpaired) electrons. The van der Waals surface area contributed by atoms with Crippen molar-refractivity contribution in [2.24, 2.45) is 5.92 Å². The highest BCUT2D eigenvalue weighted by atomic mass is 16.5. The van der Waals surface area contributed by atoms with E-state index in [-0.39, 0.29) is 35.7 Å². The Balaban J connectivity index is 1.85. The van der Waals surface area contributed by atoms with E-state index in [2.05, 4.69) is 19.6 Å². The molecule has 2 aliphatic rings. The number of carbonyl (C=O) groups is 1. The average molecular weight is 371 g/mol. The number of rotatable bonds is 4. The summed E-state index contributed by atoms with van der Waals surface area (Å²) in [6, 6.07) is 3.22. The first kappa shape index (κ1) is 19.5. The van der Waals surface area contributed by atoms with Crippen molar-refractivity contribution in [3.63, 3.8) is 0 Å². The van der Waals surface area contributed by atoms with Gasteiger partial charge in [0, 0.05) is 24.6 Å². The maximum Gasteiger partial charge on any atom is 0.227 e. The Hall–Kier alpha value is -2.27. The van der Waals surface area contributed by atoms with E-state index in [0.717, 1.165) is 18.4 Å². The molecular weight excluding hydrogens is 342 g/mol. The summed E-state index contributed by atoms with van der Waals surface area (Å²) in [6.45, 7) is 10.4. The number of nitrogens with zero attached hydrogens (tertiary/aromatic N) is 1. The second-order valence-corrected chi connectivity index (χ2v) is 7.75. The lowest BCUT2D eigenvalue weighted by Crippen LogP contribution is -2.41. The summed E-state index contributed by atoms with van der Waals surface area (Å²) in [5.41, 5.74) is 3.45. The summed E-state index contributed by atoms with van der Waals surface area (Å²) in [4.78, 5) is 14.2. The fraction of sp³-hybridized carbons (Fsp3) is 0.500. The fourth-order valence-corrected chi connectivity index (χ4v) is 4.13. The number of benzene rings is 1. The van der Waals surface area contributed by atoms with Gasteiger partial charge in [0.1, 0.15) is 11.5 Å². The van der Waals surface area contributed by atoms with Crippen LogP contribution in [0.5, 0.6) is 11.5 Å². The Kier molecular flexibility index (Phi) is 5.90. The first-order valence-corrected chi connectivity index (χ1v) is 9.59. The summed E-state index contributed by atoms with van der Waals surface area (Å²) < 4.78 is 5.27. The van der Waals surface area contributed by atoms with Gasteiger partial charge < -0.3 is 19.8 Å². The van der Waals surface area contributed by atoms with Crippen LogP contribution in [-0.2, 0) is 16.0 Å². The third-order valence-electron chi connectivity index (χ3n) is 5.63. The molecule has 0 bridgehead atoms. The first-order valence-electron chi connectivity index (χ1n) is 9.59. The Labute approximate surface area is 161 Å². The van der Waals surface area contributed by atoms with Gasteiger partial charge in [-0.15, -0.1) is 0 Å². The third kappa shape index (κ3) is 4.35. The van der Waals surface area contributed by atoms with Crippen LogP contribution in [0.1, 0.15) is 43.7 Å². The lowest BCUT2D eigenvalue weighted by molar-refractivity contribution is -0.134. The van der Waals surface area contributed by atoms with E-state index in [1.165, 1.54) is 5.57 Å².